The predicted molar refractivity (Wildman–Crippen MR) is 62.2 cm³/mol. The molecule has 82 valence electrons. The third-order valence-corrected chi connectivity index (χ3v) is 3.19. The number of nitrogens with two attached hydrogens (primary N) is 1. The van der Waals surface area contributed by atoms with Gasteiger partial charge in [-0.1, -0.05) is 12.2 Å². The summed E-state index contributed by atoms with van der Waals surface area (Å²) in [4.78, 5) is 3.04. The van der Waals surface area contributed by atoms with Gasteiger partial charge >= 0.3 is 0 Å². The van der Waals surface area contributed by atoms with Gasteiger partial charge in [-0.25, -0.2) is 0 Å². The number of aliphatic hydroxyl groups is 1. The maximum atomic E-state index is 9.16. The van der Waals surface area contributed by atoms with Crippen LogP contribution in [0.15, 0.2) is 0 Å². The Bertz CT molecular complexity index is 189. The van der Waals surface area contributed by atoms with E-state index in [0.29, 0.717) is 10.9 Å². The third kappa shape index (κ3) is 3.90. The monoisotopic (exact) mass is 216 g/mol. The molecule has 1 unspecified atom stereocenters. The van der Waals surface area contributed by atoms with Crippen molar-refractivity contribution < 1.29 is 5.11 Å². The molecule has 0 bridgehead atoms. The standard InChI is InChI=1S/C10H20N2OS/c1-8(13)2-5-12-6-3-9(4-7-12)10(11)14/h8-9,13H,2-7H2,1H3,(H2,11,14). The van der Waals surface area contributed by atoms with Gasteiger partial charge in [-0.05, 0) is 39.3 Å². The first-order chi connectivity index (χ1) is 6.59. The molecule has 1 fully saturated rings. The van der Waals surface area contributed by atoms with Crippen LogP contribution < -0.4 is 5.73 Å². The van der Waals surface area contributed by atoms with E-state index in [1.165, 1.54) is 0 Å². The zero-order valence-corrected chi connectivity index (χ0v) is 9.59. The average Bonchev–Trinajstić information content (AvgIpc) is 2.15. The lowest BCUT2D eigenvalue weighted by atomic mass is 9.97. The van der Waals surface area contributed by atoms with Crippen molar-refractivity contribution in [1.29, 1.82) is 0 Å². The van der Waals surface area contributed by atoms with Crippen LogP contribution in [0.2, 0.25) is 0 Å². The Hall–Kier alpha value is -0.190. The van der Waals surface area contributed by atoms with Crippen molar-refractivity contribution in [2.45, 2.75) is 32.3 Å². The lowest BCUT2D eigenvalue weighted by Gasteiger charge is -2.31. The fourth-order valence-corrected chi connectivity index (χ4v) is 2.05. The normalized spacial score (nSPS) is 22.1. The summed E-state index contributed by atoms with van der Waals surface area (Å²) in [6.07, 6.45) is 2.82. The maximum absolute atomic E-state index is 9.16. The molecule has 1 aliphatic rings. The van der Waals surface area contributed by atoms with Crippen molar-refractivity contribution in [1.82, 2.24) is 4.90 Å². The highest BCUT2D eigenvalue weighted by Gasteiger charge is 2.20. The summed E-state index contributed by atoms with van der Waals surface area (Å²) < 4.78 is 0. The minimum Gasteiger partial charge on any atom is -0.393 e. The van der Waals surface area contributed by atoms with Gasteiger partial charge in [0.1, 0.15) is 0 Å². The van der Waals surface area contributed by atoms with E-state index >= 15 is 0 Å². The number of nitrogens with zero attached hydrogens (tertiary/aromatic N) is 1. The highest BCUT2D eigenvalue weighted by atomic mass is 32.1. The molecule has 0 aromatic rings. The van der Waals surface area contributed by atoms with E-state index in [2.05, 4.69) is 4.90 Å². The molecule has 0 amide bonds. The van der Waals surface area contributed by atoms with Gasteiger partial charge in [0.15, 0.2) is 0 Å². The first-order valence-corrected chi connectivity index (χ1v) is 5.70. The molecule has 0 aromatic carbocycles. The molecule has 1 rings (SSSR count). The maximum Gasteiger partial charge on any atom is 0.0759 e. The van der Waals surface area contributed by atoms with Crippen molar-refractivity contribution in [3.8, 4) is 0 Å². The van der Waals surface area contributed by atoms with E-state index in [-0.39, 0.29) is 6.10 Å². The Morgan fingerprint density at radius 3 is 2.57 bits per heavy atom. The molecule has 0 saturated carbocycles. The average molecular weight is 216 g/mol. The second-order valence-corrected chi connectivity index (χ2v) is 4.63. The summed E-state index contributed by atoms with van der Waals surface area (Å²) >= 11 is 4.98. The van der Waals surface area contributed by atoms with Gasteiger partial charge in [-0.15, -0.1) is 0 Å². The quantitative estimate of drug-likeness (QED) is 0.681. The van der Waals surface area contributed by atoms with Gasteiger partial charge in [0.25, 0.3) is 0 Å². The third-order valence-electron chi connectivity index (χ3n) is 2.85. The number of piperidine rings is 1. The van der Waals surface area contributed by atoms with Crippen LogP contribution in [-0.2, 0) is 0 Å². The Balaban J connectivity index is 2.19. The van der Waals surface area contributed by atoms with Gasteiger partial charge in [0.2, 0.25) is 0 Å². The van der Waals surface area contributed by atoms with E-state index in [9.17, 15) is 0 Å². The highest BCUT2D eigenvalue weighted by Crippen LogP contribution is 2.17. The molecule has 1 saturated heterocycles. The fraction of sp³-hybridized carbons (Fsp3) is 0.900. The zero-order chi connectivity index (χ0) is 10.6. The van der Waals surface area contributed by atoms with Crippen LogP contribution in [0.1, 0.15) is 26.2 Å². The molecular weight excluding hydrogens is 196 g/mol. The van der Waals surface area contributed by atoms with Crippen LogP contribution in [0.5, 0.6) is 0 Å². The Morgan fingerprint density at radius 1 is 1.57 bits per heavy atom. The van der Waals surface area contributed by atoms with Gasteiger partial charge in [0.05, 0.1) is 11.1 Å². The van der Waals surface area contributed by atoms with Crippen LogP contribution in [0.25, 0.3) is 0 Å². The molecule has 0 aliphatic carbocycles. The van der Waals surface area contributed by atoms with Crippen LogP contribution >= 0.6 is 12.2 Å². The summed E-state index contributed by atoms with van der Waals surface area (Å²) in [5.74, 6) is 0.438. The summed E-state index contributed by atoms with van der Waals surface area (Å²) in [6, 6.07) is 0. The SMILES string of the molecule is CC(O)CCN1CCC(C(N)=S)CC1. The molecule has 1 aliphatic heterocycles. The summed E-state index contributed by atoms with van der Waals surface area (Å²) in [5, 5.41) is 9.16. The van der Waals surface area contributed by atoms with Gasteiger partial charge in [-0.3, -0.25) is 0 Å². The highest BCUT2D eigenvalue weighted by molar-refractivity contribution is 7.80. The van der Waals surface area contributed by atoms with Gasteiger partial charge in [0, 0.05) is 12.5 Å². The minimum absolute atomic E-state index is 0.191. The van der Waals surface area contributed by atoms with E-state index < -0.39 is 0 Å². The molecule has 14 heavy (non-hydrogen) atoms. The second-order valence-electron chi connectivity index (χ2n) is 4.16. The fourth-order valence-electron chi connectivity index (χ4n) is 1.81. The Morgan fingerprint density at radius 2 is 2.14 bits per heavy atom. The van der Waals surface area contributed by atoms with E-state index in [1.807, 2.05) is 6.92 Å². The van der Waals surface area contributed by atoms with Crippen molar-refractivity contribution in [2.24, 2.45) is 11.7 Å². The van der Waals surface area contributed by atoms with Crippen LogP contribution in [-0.4, -0.2) is 40.7 Å². The topological polar surface area (TPSA) is 49.5 Å². The smallest absolute Gasteiger partial charge is 0.0759 e. The molecule has 3 nitrogen and oxygen atoms in total. The molecule has 0 aromatic heterocycles. The molecule has 1 heterocycles. The minimum atomic E-state index is -0.191. The number of rotatable bonds is 4. The Kier molecular flexibility index (Phi) is 4.78. The number of thiocarbonyl (C=S) groups is 1. The number of likely N-dealkylation sites (tertiary alicyclic amines) is 1. The molecule has 0 radical (unpaired) electrons. The zero-order valence-electron chi connectivity index (χ0n) is 8.78. The van der Waals surface area contributed by atoms with Gasteiger partial charge < -0.3 is 15.7 Å². The first kappa shape index (κ1) is 11.9. The molecule has 4 heteroatoms. The number of hydrogen-bond donors (Lipinski definition) is 2. The van der Waals surface area contributed by atoms with E-state index in [0.717, 1.165) is 38.9 Å². The molecule has 3 N–H and O–H groups in total. The summed E-state index contributed by atoms with van der Waals surface area (Å²) in [6.45, 7) is 4.95. The van der Waals surface area contributed by atoms with Crippen molar-refractivity contribution in [3.63, 3.8) is 0 Å². The van der Waals surface area contributed by atoms with E-state index in [4.69, 9.17) is 23.1 Å². The molecular formula is C10H20N2OS. The van der Waals surface area contributed by atoms with Gasteiger partial charge in [-0.2, -0.15) is 0 Å². The predicted octanol–water partition coefficient (Wildman–Crippen LogP) is 0.755. The second kappa shape index (κ2) is 5.63. The molecule has 0 spiro atoms. The molecule has 1 atom stereocenters. The largest absolute Gasteiger partial charge is 0.393 e. The van der Waals surface area contributed by atoms with Crippen molar-refractivity contribution >= 4 is 17.2 Å². The first-order valence-electron chi connectivity index (χ1n) is 5.29. The van der Waals surface area contributed by atoms with Crippen LogP contribution in [0.4, 0.5) is 0 Å². The van der Waals surface area contributed by atoms with E-state index in [1.54, 1.807) is 0 Å². The lowest BCUT2D eigenvalue weighted by Crippen LogP contribution is -2.38. The van der Waals surface area contributed by atoms with Crippen LogP contribution in [0, 0.1) is 5.92 Å². The van der Waals surface area contributed by atoms with Crippen molar-refractivity contribution in [2.75, 3.05) is 19.6 Å². The summed E-state index contributed by atoms with van der Waals surface area (Å²) in [7, 11) is 0. The number of hydrogen-bond acceptors (Lipinski definition) is 3. The van der Waals surface area contributed by atoms with Crippen molar-refractivity contribution in [3.05, 3.63) is 0 Å². The number of aliphatic hydroxyl groups excluding tert-OH is 1. The lowest BCUT2D eigenvalue weighted by molar-refractivity contribution is 0.141. The van der Waals surface area contributed by atoms with Crippen LogP contribution in [0.3, 0.4) is 0 Å². The summed E-state index contributed by atoms with van der Waals surface area (Å²) in [5.41, 5.74) is 5.61. The Labute approximate surface area is 91.3 Å².